The van der Waals surface area contributed by atoms with Crippen LogP contribution in [-0.2, 0) is 0 Å². The predicted octanol–water partition coefficient (Wildman–Crippen LogP) is 1.92. The van der Waals surface area contributed by atoms with Crippen LogP contribution in [0.5, 0.6) is 0 Å². The molecule has 1 heterocycles. The summed E-state index contributed by atoms with van der Waals surface area (Å²) in [6, 6.07) is 0. The first-order valence-electron chi connectivity index (χ1n) is 7.32. The van der Waals surface area contributed by atoms with E-state index in [4.69, 9.17) is 5.73 Å². The minimum absolute atomic E-state index is 0.263. The van der Waals surface area contributed by atoms with E-state index in [2.05, 4.69) is 30.7 Å². The van der Waals surface area contributed by atoms with E-state index < -0.39 is 0 Å². The Kier molecular flexibility index (Phi) is 6.45. The molecule has 0 aliphatic carbocycles. The summed E-state index contributed by atoms with van der Waals surface area (Å²) in [5, 5.41) is 0. The van der Waals surface area contributed by atoms with Crippen LogP contribution in [0.2, 0.25) is 0 Å². The van der Waals surface area contributed by atoms with E-state index in [1.54, 1.807) is 0 Å². The minimum Gasteiger partial charge on any atom is -0.329 e. The van der Waals surface area contributed by atoms with Crippen molar-refractivity contribution in [3.8, 4) is 0 Å². The molecular weight excluding hydrogens is 210 g/mol. The lowest BCUT2D eigenvalue weighted by Gasteiger charge is -2.40. The zero-order chi connectivity index (χ0) is 12.7. The van der Waals surface area contributed by atoms with Crippen LogP contribution in [0.4, 0.5) is 0 Å². The second-order valence-electron chi connectivity index (χ2n) is 5.61. The summed E-state index contributed by atoms with van der Waals surface area (Å²) in [5.41, 5.74) is 6.37. The molecule has 1 aliphatic rings. The van der Waals surface area contributed by atoms with E-state index in [-0.39, 0.29) is 5.54 Å². The molecule has 102 valence electrons. The molecule has 1 unspecified atom stereocenters. The van der Waals surface area contributed by atoms with Crippen LogP contribution in [0.1, 0.15) is 46.0 Å². The van der Waals surface area contributed by atoms with Crippen molar-refractivity contribution in [2.45, 2.75) is 51.5 Å². The first-order chi connectivity index (χ1) is 8.18. The molecule has 1 fully saturated rings. The molecule has 2 N–H and O–H groups in total. The van der Waals surface area contributed by atoms with E-state index in [9.17, 15) is 0 Å². The zero-order valence-corrected chi connectivity index (χ0v) is 12.0. The molecule has 0 saturated carbocycles. The Labute approximate surface area is 107 Å². The van der Waals surface area contributed by atoms with Crippen LogP contribution in [0.3, 0.4) is 0 Å². The highest BCUT2D eigenvalue weighted by molar-refractivity contribution is 4.99. The summed E-state index contributed by atoms with van der Waals surface area (Å²) in [6.07, 6.45) is 6.40. The van der Waals surface area contributed by atoms with Crippen molar-refractivity contribution < 1.29 is 0 Å². The number of hydrogen-bond donors (Lipinski definition) is 1. The van der Waals surface area contributed by atoms with Gasteiger partial charge in [0.25, 0.3) is 0 Å². The molecule has 0 aromatic carbocycles. The molecule has 1 aliphatic heterocycles. The number of likely N-dealkylation sites (tertiary alicyclic amines) is 1. The SMILES string of the molecule is CCCCN(CCCC)C1(CN)CCN(C)C1. The van der Waals surface area contributed by atoms with E-state index in [0.29, 0.717) is 0 Å². The average Bonchev–Trinajstić information content (AvgIpc) is 2.72. The third-order valence-electron chi connectivity index (χ3n) is 4.14. The van der Waals surface area contributed by atoms with Crippen molar-refractivity contribution in [1.29, 1.82) is 0 Å². The van der Waals surface area contributed by atoms with Gasteiger partial charge < -0.3 is 10.6 Å². The third kappa shape index (κ3) is 3.94. The summed E-state index contributed by atoms with van der Waals surface area (Å²) >= 11 is 0. The highest BCUT2D eigenvalue weighted by atomic mass is 15.3. The lowest BCUT2D eigenvalue weighted by Crippen LogP contribution is -2.56. The second-order valence-corrected chi connectivity index (χ2v) is 5.61. The van der Waals surface area contributed by atoms with Crippen LogP contribution >= 0.6 is 0 Å². The zero-order valence-electron chi connectivity index (χ0n) is 12.0. The maximum absolute atomic E-state index is 6.11. The van der Waals surface area contributed by atoms with Crippen molar-refractivity contribution in [3.05, 3.63) is 0 Å². The number of rotatable bonds is 8. The number of nitrogens with two attached hydrogens (primary N) is 1. The van der Waals surface area contributed by atoms with E-state index in [1.807, 2.05) is 0 Å². The first-order valence-corrected chi connectivity index (χ1v) is 7.32. The molecule has 1 saturated heterocycles. The highest BCUT2D eigenvalue weighted by Gasteiger charge is 2.39. The lowest BCUT2D eigenvalue weighted by molar-refractivity contribution is 0.0976. The summed E-state index contributed by atoms with van der Waals surface area (Å²) in [6.45, 7) is 10.2. The van der Waals surface area contributed by atoms with Gasteiger partial charge in [-0.25, -0.2) is 0 Å². The Balaban J connectivity index is 2.63. The summed E-state index contributed by atoms with van der Waals surface area (Å²) in [5.74, 6) is 0. The topological polar surface area (TPSA) is 32.5 Å². The van der Waals surface area contributed by atoms with Gasteiger partial charge in [0.05, 0.1) is 0 Å². The minimum atomic E-state index is 0.263. The monoisotopic (exact) mass is 241 g/mol. The highest BCUT2D eigenvalue weighted by Crippen LogP contribution is 2.27. The van der Waals surface area contributed by atoms with Crippen LogP contribution in [0.15, 0.2) is 0 Å². The molecule has 1 atom stereocenters. The molecule has 0 aromatic heterocycles. The standard InChI is InChI=1S/C14H31N3/c1-4-6-9-17(10-7-5-2)14(12-15)8-11-16(3)13-14/h4-13,15H2,1-3H3. The second kappa shape index (κ2) is 7.34. The predicted molar refractivity (Wildman–Crippen MR) is 75.3 cm³/mol. The fourth-order valence-electron chi connectivity index (χ4n) is 2.90. The Morgan fingerprint density at radius 3 is 2.12 bits per heavy atom. The first kappa shape index (κ1) is 14.9. The Bertz CT molecular complexity index is 200. The molecule has 3 heteroatoms. The van der Waals surface area contributed by atoms with E-state index >= 15 is 0 Å². The van der Waals surface area contributed by atoms with Crippen LogP contribution in [0.25, 0.3) is 0 Å². The molecule has 0 amide bonds. The largest absolute Gasteiger partial charge is 0.329 e. The van der Waals surface area contributed by atoms with Gasteiger partial charge in [0.1, 0.15) is 0 Å². The van der Waals surface area contributed by atoms with Gasteiger partial charge in [0.2, 0.25) is 0 Å². The molecule has 17 heavy (non-hydrogen) atoms. The normalized spacial score (nSPS) is 25.9. The van der Waals surface area contributed by atoms with E-state index in [0.717, 1.165) is 13.1 Å². The van der Waals surface area contributed by atoms with Crippen molar-refractivity contribution in [2.24, 2.45) is 5.73 Å². The molecule has 0 radical (unpaired) electrons. The van der Waals surface area contributed by atoms with Gasteiger partial charge in [-0.2, -0.15) is 0 Å². The average molecular weight is 241 g/mol. The van der Waals surface area contributed by atoms with Crippen LogP contribution in [0, 0.1) is 0 Å². The lowest BCUT2D eigenvalue weighted by atomic mass is 9.95. The van der Waals surface area contributed by atoms with Gasteiger partial charge in [0.15, 0.2) is 0 Å². The van der Waals surface area contributed by atoms with Crippen LogP contribution in [-0.4, -0.2) is 55.1 Å². The Morgan fingerprint density at radius 2 is 1.76 bits per heavy atom. The molecule has 0 bridgehead atoms. The van der Waals surface area contributed by atoms with E-state index in [1.165, 1.54) is 51.7 Å². The molecule has 3 nitrogen and oxygen atoms in total. The fourth-order valence-corrected chi connectivity index (χ4v) is 2.90. The quantitative estimate of drug-likeness (QED) is 0.705. The summed E-state index contributed by atoms with van der Waals surface area (Å²) < 4.78 is 0. The third-order valence-corrected chi connectivity index (χ3v) is 4.14. The molecule has 0 aromatic rings. The maximum Gasteiger partial charge on any atom is 0.0470 e. The van der Waals surface area contributed by atoms with Gasteiger partial charge in [-0.15, -0.1) is 0 Å². The van der Waals surface area contributed by atoms with Crippen molar-refractivity contribution in [1.82, 2.24) is 9.80 Å². The summed E-state index contributed by atoms with van der Waals surface area (Å²) in [4.78, 5) is 5.11. The summed E-state index contributed by atoms with van der Waals surface area (Å²) in [7, 11) is 2.22. The number of likely N-dealkylation sites (N-methyl/N-ethyl adjacent to an activating group) is 1. The Hall–Kier alpha value is -0.120. The fraction of sp³-hybridized carbons (Fsp3) is 1.00. The van der Waals surface area contributed by atoms with Crippen LogP contribution < -0.4 is 5.73 Å². The maximum atomic E-state index is 6.11. The van der Waals surface area contributed by atoms with Crippen molar-refractivity contribution in [3.63, 3.8) is 0 Å². The number of nitrogens with zero attached hydrogens (tertiary/aromatic N) is 2. The number of hydrogen-bond acceptors (Lipinski definition) is 3. The number of unbranched alkanes of at least 4 members (excludes halogenated alkanes) is 2. The van der Waals surface area contributed by atoms with Gasteiger partial charge >= 0.3 is 0 Å². The molecule has 0 spiro atoms. The van der Waals surface area contributed by atoms with Gasteiger partial charge in [-0.05, 0) is 45.9 Å². The van der Waals surface area contributed by atoms with Crippen molar-refractivity contribution in [2.75, 3.05) is 39.8 Å². The smallest absolute Gasteiger partial charge is 0.0470 e. The molecule has 1 rings (SSSR count). The van der Waals surface area contributed by atoms with Gasteiger partial charge in [-0.3, -0.25) is 4.90 Å². The van der Waals surface area contributed by atoms with Crippen molar-refractivity contribution >= 4 is 0 Å². The molecular formula is C14H31N3. The van der Waals surface area contributed by atoms with Gasteiger partial charge in [-0.1, -0.05) is 26.7 Å². The Morgan fingerprint density at radius 1 is 1.18 bits per heavy atom. The van der Waals surface area contributed by atoms with Gasteiger partial charge in [0, 0.05) is 18.6 Å².